The van der Waals surface area contributed by atoms with E-state index in [-0.39, 0.29) is 17.7 Å². The van der Waals surface area contributed by atoms with Crippen LogP contribution in [0.1, 0.15) is 62.4 Å². The number of aldehydes is 1. The summed E-state index contributed by atoms with van der Waals surface area (Å²) >= 11 is 1.30. The summed E-state index contributed by atoms with van der Waals surface area (Å²) in [7, 11) is 1.84. The number of aromatic nitrogens is 2. The highest BCUT2D eigenvalue weighted by Crippen LogP contribution is 2.30. The average molecular weight is 599 g/mol. The van der Waals surface area contributed by atoms with Gasteiger partial charge < -0.3 is 24.9 Å². The van der Waals surface area contributed by atoms with Gasteiger partial charge in [0.1, 0.15) is 17.8 Å². The summed E-state index contributed by atoms with van der Waals surface area (Å²) in [4.78, 5) is 39.9. The quantitative estimate of drug-likeness (QED) is 0.0566. The molecule has 0 aliphatic rings. The van der Waals surface area contributed by atoms with Gasteiger partial charge in [0.15, 0.2) is 5.82 Å². The molecule has 0 saturated heterocycles. The fourth-order valence-electron chi connectivity index (χ4n) is 3.72. The fourth-order valence-corrected chi connectivity index (χ4v) is 4.34. The van der Waals surface area contributed by atoms with Crippen molar-refractivity contribution in [2.24, 2.45) is 0 Å². The zero-order valence-corrected chi connectivity index (χ0v) is 24.9. The van der Waals surface area contributed by atoms with Crippen molar-refractivity contribution in [3.05, 3.63) is 77.6 Å². The lowest BCUT2D eigenvalue weighted by molar-refractivity contribution is -0.137. The van der Waals surface area contributed by atoms with Gasteiger partial charge in [-0.2, -0.15) is 0 Å². The molecule has 0 radical (unpaired) electrons. The van der Waals surface area contributed by atoms with Crippen LogP contribution in [0.25, 0.3) is 22.2 Å². The number of anilines is 2. The van der Waals surface area contributed by atoms with Crippen LogP contribution in [0.15, 0.2) is 54.9 Å². The summed E-state index contributed by atoms with van der Waals surface area (Å²) in [6, 6.07) is 11.9. The summed E-state index contributed by atoms with van der Waals surface area (Å²) in [5, 5.41) is 11.6. The fraction of sp³-hybridized carbons (Fsp3) is 0.290. The van der Waals surface area contributed by atoms with Crippen molar-refractivity contribution < 1.29 is 28.3 Å². The highest BCUT2D eigenvalue weighted by molar-refractivity contribution is 8.00. The lowest BCUT2D eigenvalue weighted by Gasteiger charge is -2.10. The number of nitrogens with zero attached hydrogens (tertiary/aromatic N) is 1. The molecule has 0 aliphatic heterocycles. The second-order valence-electron chi connectivity index (χ2n) is 8.67. The van der Waals surface area contributed by atoms with Crippen molar-refractivity contribution >= 4 is 52.4 Å². The van der Waals surface area contributed by atoms with Gasteiger partial charge in [0, 0.05) is 60.2 Å². The lowest BCUT2D eigenvalue weighted by atomic mass is 9.99. The number of fused-ring (bicyclic) bond motifs is 1. The Labute approximate surface area is 248 Å². The normalized spacial score (nSPS) is 10.1. The number of benzene rings is 2. The number of carboxylic acid groups (broad SMARTS) is 1. The summed E-state index contributed by atoms with van der Waals surface area (Å²) < 4.78 is 32.5. The van der Waals surface area contributed by atoms with Crippen LogP contribution in [0.3, 0.4) is 0 Å². The van der Waals surface area contributed by atoms with E-state index in [0.29, 0.717) is 23.9 Å². The second-order valence-corrected chi connectivity index (χ2v) is 9.57. The van der Waals surface area contributed by atoms with Crippen LogP contribution in [0.5, 0.6) is 0 Å². The first kappa shape index (κ1) is 34.0. The van der Waals surface area contributed by atoms with E-state index < -0.39 is 29.0 Å². The van der Waals surface area contributed by atoms with Crippen molar-refractivity contribution in [1.82, 2.24) is 9.97 Å². The first-order valence-corrected chi connectivity index (χ1v) is 14.6. The lowest BCUT2D eigenvalue weighted by Crippen LogP contribution is -2.09. The number of aromatic amines is 1. The minimum Gasteiger partial charge on any atom is -0.481 e. The van der Waals surface area contributed by atoms with Crippen LogP contribution in [0.4, 0.5) is 20.2 Å². The molecule has 8 nitrogen and oxygen atoms in total. The highest BCUT2D eigenvalue weighted by Gasteiger charge is 2.24. The molecule has 4 N–H and O–H groups in total. The summed E-state index contributed by atoms with van der Waals surface area (Å²) in [5.41, 5.74) is 2.80. The van der Waals surface area contributed by atoms with E-state index in [2.05, 4.69) is 20.0 Å². The van der Waals surface area contributed by atoms with Crippen molar-refractivity contribution in [1.29, 1.82) is 0 Å². The number of halogens is 2. The molecule has 0 bridgehead atoms. The van der Waals surface area contributed by atoms with E-state index in [0.717, 1.165) is 41.3 Å². The minimum atomic E-state index is -0.903. The number of ketones is 1. The van der Waals surface area contributed by atoms with E-state index >= 15 is 4.39 Å². The van der Waals surface area contributed by atoms with Gasteiger partial charge in [0.2, 0.25) is 5.78 Å². The molecule has 11 heteroatoms. The van der Waals surface area contributed by atoms with Gasteiger partial charge in [-0.1, -0.05) is 44.9 Å². The first-order chi connectivity index (χ1) is 20.3. The number of aliphatic carboxylic acids is 1. The Morgan fingerprint density at radius 2 is 1.81 bits per heavy atom. The van der Waals surface area contributed by atoms with E-state index in [9.17, 15) is 18.8 Å². The molecule has 4 aromatic rings. The zero-order valence-electron chi connectivity index (χ0n) is 24.1. The molecule has 2 aromatic heterocycles. The maximum absolute atomic E-state index is 15.1. The van der Waals surface area contributed by atoms with Crippen LogP contribution in [-0.2, 0) is 9.59 Å². The smallest absolute Gasteiger partial charge is 0.303 e. The predicted octanol–water partition coefficient (Wildman–Crippen LogP) is 7.72. The van der Waals surface area contributed by atoms with E-state index in [1.165, 1.54) is 24.2 Å². The number of carbonyl (C=O) groups excluding carboxylic acids is 2. The third kappa shape index (κ3) is 9.13. The van der Waals surface area contributed by atoms with Gasteiger partial charge in [-0.05, 0) is 48.7 Å². The molecule has 2 aromatic carbocycles. The SMILES string of the molecule is CC.CCCSNc1ccc(F)c(C(=O)c2c[nH]c3ncc(-c4ccc(NC)cc4)cc23)c1F.O=CCCCC(=O)O. The van der Waals surface area contributed by atoms with Crippen molar-refractivity contribution in [2.45, 2.75) is 46.5 Å². The largest absolute Gasteiger partial charge is 0.481 e. The van der Waals surface area contributed by atoms with Crippen molar-refractivity contribution in [2.75, 3.05) is 22.8 Å². The van der Waals surface area contributed by atoms with Crippen molar-refractivity contribution in [3.63, 3.8) is 0 Å². The Morgan fingerprint density at radius 1 is 1.10 bits per heavy atom. The van der Waals surface area contributed by atoms with Crippen LogP contribution in [0, 0.1) is 11.6 Å². The number of hydrogen-bond acceptors (Lipinski definition) is 7. The standard InChI is InChI=1S/C24H22F2N4OS.C5H8O3.C2H6/c1-3-10-32-30-20-9-8-19(25)21(22(20)26)23(31)18-13-29-24-17(18)11-15(12-28-24)14-4-6-16(27-2)7-5-14;6-4-2-1-3-5(7)8;1-2/h4-9,11-13,27,30H,3,10H2,1-2H3,(H,28,29);4H,1-3H2,(H,7,8);1-2H3. The molecular weight excluding hydrogens is 562 g/mol. The maximum Gasteiger partial charge on any atom is 0.303 e. The minimum absolute atomic E-state index is 0.0801. The van der Waals surface area contributed by atoms with Gasteiger partial charge in [-0.3, -0.25) is 9.59 Å². The molecule has 0 amide bonds. The first-order valence-electron chi connectivity index (χ1n) is 13.6. The Morgan fingerprint density at radius 3 is 2.43 bits per heavy atom. The number of pyridine rings is 1. The van der Waals surface area contributed by atoms with Gasteiger partial charge in [0.25, 0.3) is 0 Å². The number of carbonyl (C=O) groups is 3. The molecule has 4 rings (SSSR count). The molecular formula is C31H36F2N4O4S. The number of unbranched alkanes of at least 4 members (excludes halogenated alkanes) is 1. The highest BCUT2D eigenvalue weighted by atomic mass is 32.2. The number of H-pyrrole nitrogens is 1. The van der Waals surface area contributed by atoms with Crippen LogP contribution in [-0.4, -0.2) is 45.9 Å². The molecule has 0 atom stereocenters. The Hall–Kier alpha value is -4.25. The second kappa shape index (κ2) is 17.5. The molecule has 0 unspecified atom stereocenters. The Balaban J connectivity index is 0.000000535. The average Bonchev–Trinajstić information content (AvgIpc) is 3.43. The number of hydrogen-bond donors (Lipinski definition) is 4. The number of carboxylic acids is 1. The Kier molecular flexibility index (Phi) is 14.2. The van der Waals surface area contributed by atoms with E-state index in [4.69, 9.17) is 5.11 Å². The molecule has 0 aliphatic carbocycles. The van der Waals surface area contributed by atoms with Gasteiger partial charge in [-0.25, -0.2) is 13.8 Å². The topological polar surface area (TPSA) is 124 Å². The van der Waals surface area contributed by atoms with Gasteiger partial charge >= 0.3 is 5.97 Å². The van der Waals surface area contributed by atoms with E-state index in [1.54, 1.807) is 12.3 Å². The monoisotopic (exact) mass is 598 g/mol. The third-order valence-electron chi connectivity index (χ3n) is 5.80. The van der Waals surface area contributed by atoms with Gasteiger partial charge in [-0.15, -0.1) is 0 Å². The Bertz CT molecular complexity index is 1480. The zero-order chi connectivity index (χ0) is 31.1. The summed E-state index contributed by atoms with van der Waals surface area (Å²) in [6.45, 7) is 6.00. The molecule has 0 fully saturated rings. The summed E-state index contributed by atoms with van der Waals surface area (Å²) in [6.07, 6.45) is 5.66. The molecule has 0 spiro atoms. The van der Waals surface area contributed by atoms with Crippen LogP contribution in [0.2, 0.25) is 0 Å². The number of rotatable bonds is 12. The van der Waals surface area contributed by atoms with E-state index in [1.807, 2.05) is 52.1 Å². The maximum atomic E-state index is 15.1. The predicted molar refractivity (Wildman–Crippen MR) is 166 cm³/mol. The molecule has 224 valence electrons. The molecule has 42 heavy (non-hydrogen) atoms. The van der Waals surface area contributed by atoms with Gasteiger partial charge in [0.05, 0.1) is 11.3 Å². The van der Waals surface area contributed by atoms with Crippen LogP contribution < -0.4 is 10.0 Å². The number of nitrogens with one attached hydrogen (secondary N) is 3. The molecule has 0 saturated carbocycles. The molecule has 2 heterocycles. The van der Waals surface area contributed by atoms with Crippen molar-refractivity contribution in [3.8, 4) is 11.1 Å². The summed E-state index contributed by atoms with van der Waals surface area (Å²) in [5.74, 6) is -2.63. The van der Waals surface area contributed by atoms with Crippen LogP contribution >= 0.6 is 11.9 Å². The third-order valence-corrected chi connectivity index (χ3v) is 6.78.